The Morgan fingerprint density at radius 2 is 1.69 bits per heavy atom. The number of ether oxygens (including phenoxy) is 1. The van der Waals surface area contributed by atoms with Crippen LogP contribution in [0, 0.1) is 0 Å². The smallest absolute Gasteiger partial charge is 0.127 e. The summed E-state index contributed by atoms with van der Waals surface area (Å²) in [4.78, 5) is 0. The molecule has 0 saturated carbocycles. The minimum absolute atomic E-state index is 0.631. The quantitative estimate of drug-likeness (QED) is 0.607. The van der Waals surface area contributed by atoms with Crippen LogP contribution in [0.1, 0.15) is 5.56 Å². The van der Waals surface area contributed by atoms with Crippen LogP contribution in [0.4, 0.5) is 0 Å². The van der Waals surface area contributed by atoms with Gasteiger partial charge in [0.05, 0.1) is 0 Å². The van der Waals surface area contributed by atoms with E-state index in [1.165, 1.54) is 0 Å². The Morgan fingerprint density at radius 3 is 2.44 bits per heavy atom. The van der Waals surface area contributed by atoms with E-state index in [1.807, 2.05) is 54.6 Å². The molecular formula is C13H14N2O. The molecule has 0 aliphatic heterocycles. The molecule has 0 radical (unpaired) electrons. The Kier molecular flexibility index (Phi) is 3.53. The lowest BCUT2D eigenvalue weighted by Gasteiger charge is -2.07. The third kappa shape index (κ3) is 2.82. The Hall–Kier alpha value is -1.84. The average Bonchev–Trinajstić information content (AvgIpc) is 2.31. The van der Waals surface area contributed by atoms with Gasteiger partial charge in [-0.2, -0.15) is 0 Å². The van der Waals surface area contributed by atoms with Crippen molar-refractivity contribution in [3.8, 4) is 11.5 Å². The van der Waals surface area contributed by atoms with Crippen molar-refractivity contribution in [2.75, 3.05) is 0 Å². The minimum Gasteiger partial charge on any atom is -0.457 e. The summed E-state index contributed by atoms with van der Waals surface area (Å²) in [6, 6.07) is 17.5. The number of para-hydroxylation sites is 1. The van der Waals surface area contributed by atoms with Gasteiger partial charge in [0.15, 0.2) is 0 Å². The average molecular weight is 214 g/mol. The lowest BCUT2D eigenvalue weighted by Crippen LogP contribution is -2.20. The predicted octanol–water partition coefficient (Wildman–Crippen LogP) is 2.44. The first-order valence-electron chi connectivity index (χ1n) is 5.14. The molecule has 0 heterocycles. The van der Waals surface area contributed by atoms with Gasteiger partial charge in [-0.05, 0) is 29.8 Å². The summed E-state index contributed by atoms with van der Waals surface area (Å²) in [6.07, 6.45) is 0. The van der Waals surface area contributed by atoms with Crippen molar-refractivity contribution >= 4 is 0 Å². The number of hydrogen-bond acceptors (Lipinski definition) is 3. The summed E-state index contributed by atoms with van der Waals surface area (Å²) in [6.45, 7) is 0.631. The van der Waals surface area contributed by atoms with Gasteiger partial charge < -0.3 is 4.74 Å². The second-order valence-electron chi connectivity index (χ2n) is 3.44. The van der Waals surface area contributed by atoms with Gasteiger partial charge >= 0.3 is 0 Å². The van der Waals surface area contributed by atoms with Gasteiger partial charge in [0.25, 0.3) is 0 Å². The highest BCUT2D eigenvalue weighted by Crippen LogP contribution is 2.21. The van der Waals surface area contributed by atoms with E-state index in [0.29, 0.717) is 6.54 Å². The highest BCUT2D eigenvalue weighted by molar-refractivity contribution is 5.33. The molecule has 2 rings (SSSR count). The highest BCUT2D eigenvalue weighted by Gasteiger charge is 1.97. The number of benzene rings is 2. The maximum atomic E-state index is 5.70. The molecule has 16 heavy (non-hydrogen) atoms. The monoisotopic (exact) mass is 214 g/mol. The van der Waals surface area contributed by atoms with Crippen molar-refractivity contribution < 1.29 is 4.74 Å². The van der Waals surface area contributed by atoms with Crippen molar-refractivity contribution in [3.05, 3.63) is 60.2 Å². The summed E-state index contributed by atoms with van der Waals surface area (Å²) in [5.74, 6) is 6.92. The molecule has 2 aromatic carbocycles. The first-order chi connectivity index (χ1) is 7.88. The van der Waals surface area contributed by atoms with Crippen LogP contribution in [-0.2, 0) is 6.54 Å². The van der Waals surface area contributed by atoms with Crippen molar-refractivity contribution in [1.82, 2.24) is 5.43 Å². The molecule has 0 fully saturated rings. The molecule has 3 nitrogen and oxygen atoms in total. The SMILES string of the molecule is NNCc1cccc(Oc2ccccc2)c1. The second-order valence-corrected chi connectivity index (χ2v) is 3.44. The fraction of sp³-hybridized carbons (Fsp3) is 0.0769. The van der Waals surface area contributed by atoms with Gasteiger partial charge in [0.2, 0.25) is 0 Å². The fourth-order valence-electron chi connectivity index (χ4n) is 1.46. The van der Waals surface area contributed by atoms with Gasteiger partial charge in [0, 0.05) is 6.54 Å². The Labute approximate surface area is 94.8 Å². The van der Waals surface area contributed by atoms with E-state index >= 15 is 0 Å². The van der Waals surface area contributed by atoms with Crippen molar-refractivity contribution in [3.63, 3.8) is 0 Å². The number of hydrazine groups is 1. The van der Waals surface area contributed by atoms with Crippen LogP contribution in [0.2, 0.25) is 0 Å². The zero-order valence-electron chi connectivity index (χ0n) is 8.89. The van der Waals surface area contributed by atoms with Crippen LogP contribution in [-0.4, -0.2) is 0 Å². The van der Waals surface area contributed by atoms with Crippen molar-refractivity contribution in [2.45, 2.75) is 6.54 Å². The van der Waals surface area contributed by atoms with Gasteiger partial charge in [0.1, 0.15) is 11.5 Å². The Morgan fingerprint density at radius 1 is 0.938 bits per heavy atom. The molecule has 0 aliphatic carbocycles. The molecule has 0 spiro atoms. The normalized spacial score (nSPS) is 10.1. The number of hydrogen-bond donors (Lipinski definition) is 2. The zero-order valence-corrected chi connectivity index (χ0v) is 8.89. The summed E-state index contributed by atoms with van der Waals surface area (Å²) >= 11 is 0. The number of nitrogens with two attached hydrogens (primary N) is 1. The molecule has 82 valence electrons. The number of nitrogens with one attached hydrogen (secondary N) is 1. The molecule has 0 saturated heterocycles. The van der Waals surface area contributed by atoms with Crippen LogP contribution in [0.5, 0.6) is 11.5 Å². The van der Waals surface area contributed by atoms with Crippen LogP contribution < -0.4 is 16.0 Å². The Bertz CT molecular complexity index is 443. The molecule has 3 heteroatoms. The molecule has 0 amide bonds. The first-order valence-corrected chi connectivity index (χ1v) is 5.14. The molecule has 0 atom stereocenters. The molecule has 0 aliphatic rings. The topological polar surface area (TPSA) is 47.3 Å². The van der Waals surface area contributed by atoms with Crippen molar-refractivity contribution in [2.24, 2.45) is 5.84 Å². The minimum atomic E-state index is 0.631. The largest absolute Gasteiger partial charge is 0.457 e. The lowest BCUT2D eigenvalue weighted by atomic mass is 10.2. The summed E-state index contributed by atoms with van der Waals surface area (Å²) < 4.78 is 5.70. The summed E-state index contributed by atoms with van der Waals surface area (Å²) in [7, 11) is 0. The van der Waals surface area contributed by atoms with E-state index in [0.717, 1.165) is 17.1 Å². The van der Waals surface area contributed by atoms with Gasteiger partial charge in [-0.25, -0.2) is 0 Å². The third-order valence-electron chi connectivity index (χ3n) is 2.18. The standard InChI is InChI=1S/C13H14N2O/c14-15-10-11-5-4-8-13(9-11)16-12-6-2-1-3-7-12/h1-9,15H,10,14H2. The first kappa shape index (κ1) is 10.7. The lowest BCUT2D eigenvalue weighted by molar-refractivity contribution is 0.481. The fourth-order valence-corrected chi connectivity index (χ4v) is 1.46. The van der Waals surface area contributed by atoms with E-state index in [9.17, 15) is 0 Å². The van der Waals surface area contributed by atoms with Gasteiger partial charge in [-0.3, -0.25) is 11.3 Å². The maximum Gasteiger partial charge on any atom is 0.127 e. The van der Waals surface area contributed by atoms with Gasteiger partial charge in [-0.15, -0.1) is 0 Å². The molecule has 0 aromatic heterocycles. The molecule has 0 unspecified atom stereocenters. The van der Waals surface area contributed by atoms with E-state index in [2.05, 4.69) is 5.43 Å². The van der Waals surface area contributed by atoms with Gasteiger partial charge in [-0.1, -0.05) is 30.3 Å². The molecule has 0 bridgehead atoms. The third-order valence-corrected chi connectivity index (χ3v) is 2.18. The van der Waals surface area contributed by atoms with Crippen LogP contribution in [0.15, 0.2) is 54.6 Å². The number of rotatable bonds is 4. The van der Waals surface area contributed by atoms with E-state index in [4.69, 9.17) is 10.6 Å². The van der Waals surface area contributed by atoms with Crippen LogP contribution in [0.3, 0.4) is 0 Å². The maximum absolute atomic E-state index is 5.70. The Balaban J connectivity index is 2.12. The molecule has 2 aromatic rings. The molecular weight excluding hydrogens is 200 g/mol. The second kappa shape index (κ2) is 5.30. The predicted molar refractivity (Wildman–Crippen MR) is 64.0 cm³/mol. The van der Waals surface area contributed by atoms with E-state index in [1.54, 1.807) is 0 Å². The van der Waals surface area contributed by atoms with Crippen LogP contribution >= 0.6 is 0 Å². The molecule has 3 N–H and O–H groups in total. The highest BCUT2D eigenvalue weighted by atomic mass is 16.5. The van der Waals surface area contributed by atoms with E-state index in [-0.39, 0.29) is 0 Å². The van der Waals surface area contributed by atoms with Crippen LogP contribution in [0.25, 0.3) is 0 Å². The zero-order chi connectivity index (χ0) is 11.2. The van der Waals surface area contributed by atoms with Crippen molar-refractivity contribution in [1.29, 1.82) is 0 Å². The summed E-state index contributed by atoms with van der Waals surface area (Å²) in [5.41, 5.74) is 3.71. The summed E-state index contributed by atoms with van der Waals surface area (Å²) in [5, 5.41) is 0. The van der Waals surface area contributed by atoms with E-state index < -0.39 is 0 Å².